The minimum atomic E-state index is 0.584. The van der Waals surface area contributed by atoms with E-state index in [4.69, 9.17) is 16.6 Å². The first-order valence-corrected chi connectivity index (χ1v) is 7.78. The summed E-state index contributed by atoms with van der Waals surface area (Å²) in [5.74, 6) is 0. The maximum absolute atomic E-state index is 6.64. The summed E-state index contributed by atoms with van der Waals surface area (Å²) in [5.41, 5.74) is 5.70. The number of hydrogen-bond donors (Lipinski definition) is 0. The Balaban J connectivity index is 1.98. The van der Waals surface area contributed by atoms with Crippen molar-refractivity contribution in [1.82, 2.24) is 14.6 Å². The highest BCUT2D eigenvalue weighted by Gasteiger charge is 2.16. The molecule has 0 spiro atoms. The first-order valence-electron chi connectivity index (χ1n) is 7.40. The first-order chi connectivity index (χ1) is 11.3. The van der Waals surface area contributed by atoms with Crippen molar-refractivity contribution in [1.29, 1.82) is 0 Å². The first kappa shape index (κ1) is 14.0. The quantitative estimate of drug-likeness (QED) is 0.485. The standard InChI is InChI=1S/C19H14ClN3/c1-13-17(15-10-6-3-7-11-15)18(20)23-19(22-13)16(12-21-23)14-8-4-2-5-9-14/h2-12H,1H3. The number of aromatic nitrogens is 3. The molecule has 0 aliphatic heterocycles. The predicted molar refractivity (Wildman–Crippen MR) is 93.6 cm³/mol. The van der Waals surface area contributed by atoms with Gasteiger partial charge in [0.15, 0.2) is 5.65 Å². The summed E-state index contributed by atoms with van der Waals surface area (Å²) >= 11 is 6.64. The molecule has 0 bridgehead atoms. The van der Waals surface area contributed by atoms with Crippen molar-refractivity contribution in [3.8, 4) is 22.3 Å². The van der Waals surface area contributed by atoms with Crippen LogP contribution in [0.15, 0.2) is 66.9 Å². The number of fused-ring (bicyclic) bond motifs is 1. The number of nitrogens with zero attached hydrogens (tertiary/aromatic N) is 3. The maximum Gasteiger partial charge on any atom is 0.164 e. The molecule has 0 saturated heterocycles. The van der Waals surface area contributed by atoms with Crippen LogP contribution in [0.3, 0.4) is 0 Å². The molecule has 0 amide bonds. The Morgan fingerprint density at radius 2 is 1.48 bits per heavy atom. The second kappa shape index (κ2) is 5.52. The van der Waals surface area contributed by atoms with E-state index < -0.39 is 0 Å². The molecule has 0 saturated carbocycles. The molecule has 4 heteroatoms. The minimum absolute atomic E-state index is 0.584. The van der Waals surface area contributed by atoms with Crippen LogP contribution in [-0.2, 0) is 0 Å². The Kier molecular flexibility index (Phi) is 3.36. The second-order valence-electron chi connectivity index (χ2n) is 5.39. The number of aryl methyl sites for hydroxylation is 1. The number of halogens is 1. The van der Waals surface area contributed by atoms with Crippen LogP contribution < -0.4 is 0 Å². The third-order valence-corrected chi connectivity index (χ3v) is 4.27. The zero-order chi connectivity index (χ0) is 15.8. The summed E-state index contributed by atoms with van der Waals surface area (Å²) in [6.45, 7) is 1.98. The van der Waals surface area contributed by atoms with Crippen LogP contribution in [0.25, 0.3) is 27.9 Å². The van der Waals surface area contributed by atoms with E-state index in [0.717, 1.165) is 33.6 Å². The molecule has 2 aromatic carbocycles. The lowest BCUT2D eigenvalue weighted by atomic mass is 10.1. The lowest BCUT2D eigenvalue weighted by Gasteiger charge is -2.10. The molecule has 4 rings (SSSR count). The van der Waals surface area contributed by atoms with Crippen molar-refractivity contribution in [2.24, 2.45) is 0 Å². The summed E-state index contributed by atoms with van der Waals surface area (Å²) < 4.78 is 1.71. The Hall–Kier alpha value is -2.65. The molecule has 112 valence electrons. The van der Waals surface area contributed by atoms with Gasteiger partial charge in [0.1, 0.15) is 5.15 Å². The van der Waals surface area contributed by atoms with Gasteiger partial charge < -0.3 is 0 Å². The molecule has 0 atom stereocenters. The third kappa shape index (κ3) is 2.30. The van der Waals surface area contributed by atoms with Gasteiger partial charge in [0, 0.05) is 11.1 Å². The van der Waals surface area contributed by atoms with Gasteiger partial charge in [-0.1, -0.05) is 72.3 Å². The second-order valence-corrected chi connectivity index (χ2v) is 5.75. The van der Waals surface area contributed by atoms with E-state index in [9.17, 15) is 0 Å². The van der Waals surface area contributed by atoms with E-state index in [0.29, 0.717) is 5.15 Å². The fourth-order valence-electron chi connectivity index (χ4n) is 2.82. The van der Waals surface area contributed by atoms with Crippen molar-refractivity contribution >= 4 is 17.2 Å². The summed E-state index contributed by atoms with van der Waals surface area (Å²) in [4.78, 5) is 4.77. The van der Waals surface area contributed by atoms with E-state index in [1.807, 2.05) is 73.8 Å². The summed E-state index contributed by atoms with van der Waals surface area (Å²) in [5, 5.41) is 5.03. The molecule has 0 fully saturated rings. The van der Waals surface area contributed by atoms with Gasteiger partial charge in [0.05, 0.1) is 11.9 Å². The van der Waals surface area contributed by atoms with Crippen LogP contribution in [0.5, 0.6) is 0 Å². The van der Waals surface area contributed by atoms with Gasteiger partial charge in [-0.3, -0.25) is 0 Å². The van der Waals surface area contributed by atoms with Crippen molar-refractivity contribution in [3.05, 3.63) is 77.7 Å². The van der Waals surface area contributed by atoms with Gasteiger partial charge in [0.2, 0.25) is 0 Å². The molecule has 2 aromatic heterocycles. The Morgan fingerprint density at radius 1 is 0.870 bits per heavy atom. The molecule has 23 heavy (non-hydrogen) atoms. The van der Waals surface area contributed by atoms with Crippen molar-refractivity contribution < 1.29 is 0 Å². The van der Waals surface area contributed by atoms with E-state index in [2.05, 4.69) is 5.10 Å². The monoisotopic (exact) mass is 319 g/mol. The Morgan fingerprint density at radius 3 is 2.13 bits per heavy atom. The van der Waals surface area contributed by atoms with Gasteiger partial charge >= 0.3 is 0 Å². The van der Waals surface area contributed by atoms with Crippen LogP contribution >= 0.6 is 11.6 Å². The van der Waals surface area contributed by atoms with Gasteiger partial charge in [-0.2, -0.15) is 5.10 Å². The van der Waals surface area contributed by atoms with E-state index >= 15 is 0 Å². The van der Waals surface area contributed by atoms with Crippen molar-refractivity contribution in [2.45, 2.75) is 6.92 Å². The molecule has 0 radical (unpaired) electrons. The van der Waals surface area contributed by atoms with Crippen LogP contribution in [0.1, 0.15) is 5.69 Å². The van der Waals surface area contributed by atoms with Crippen molar-refractivity contribution in [3.63, 3.8) is 0 Å². The summed E-state index contributed by atoms with van der Waals surface area (Å²) in [6, 6.07) is 20.1. The maximum atomic E-state index is 6.64. The van der Waals surface area contributed by atoms with Crippen LogP contribution in [0.4, 0.5) is 0 Å². The highest BCUT2D eigenvalue weighted by atomic mass is 35.5. The Labute approximate surface area is 139 Å². The van der Waals surface area contributed by atoms with E-state index in [1.54, 1.807) is 4.52 Å². The van der Waals surface area contributed by atoms with Gasteiger partial charge in [-0.25, -0.2) is 9.50 Å². The zero-order valence-electron chi connectivity index (χ0n) is 12.6. The Bertz CT molecular complexity index is 976. The fourth-order valence-corrected chi connectivity index (χ4v) is 3.19. The van der Waals surface area contributed by atoms with Gasteiger partial charge in [-0.05, 0) is 18.1 Å². The number of benzene rings is 2. The molecule has 0 unspecified atom stereocenters. The molecule has 3 nitrogen and oxygen atoms in total. The molecular formula is C19H14ClN3. The number of rotatable bonds is 2. The molecule has 4 aromatic rings. The van der Waals surface area contributed by atoms with Gasteiger partial charge in [-0.15, -0.1) is 0 Å². The highest BCUT2D eigenvalue weighted by Crippen LogP contribution is 2.33. The predicted octanol–water partition coefficient (Wildman–Crippen LogP) is 5.03. The number of hydrogen-bond acceptors (Lipinski definition) is 2. The van der Waals surface area contributed by atoms with Gasteiger partial charge in [0.25, 0.3) is 0 Å². The molecular weight excluding hydrogens is 306 g/mol. The fraction of sp³-hybridized carbons (Fsp3) is 0.0526. The molecule has 2 heterocycles. The van der Waals surface area contributed by atoms with Crippen LogP contribution in [0, 0.1) is 6.92 Å². The zero-order valence-corrected chi connectivity index (χ0v) is 13.3. The van der Waals surface area contributed by atoms with Crippen LogP contribution in [-0.4, -0.2) is 14.6 Å². The lowest BCUT2D eigenvalue weighted by Crippen LogP contribution is -1.99. The SMILES string of the molecule is Cc1nc2c(-c3ccccc3)cnn2c(Cl)c1-c1ccccc1. The summed E-state index contributed by atoms with van der Waals surface area (Å²) in [7, 11) is 0. The minimum Gasteiger partial charge on any atom is -0.233 e. The smallest absolute Gasteiger partial charge is 0.164 e. The molecule has 0 aliphatic carbocycles. The third-order valence-electron chi connectivity index (χ3n) is 3.92. The largest absolute Gasteiger partial charge is 0.233 e. The summed E-state index contributed by atoms with van der Waals surface area (Å²) in [6.07, 6.45) is 1.82. The normalized spacial score (nSPS) is 11.0. The average molecular weight is 320 g/mol. The van der Waals surface area contributed by atoms with Crippen molar-refractivity contribution in [2.75, 3.05) is 0 Å². The van der Waals surface area contributed by atoms with E-state index in [1.165, 1.54) is 0 Å². The average Bonchev–Trinajstić information content (AvgIpc) is 3.00. The molecule has 0 N–H and O–H groups in total. The van der Waals surface area contributed by atoms with E-state index in [-0.39, 0.29) is 0 Å². The lowest BCUT2D eigenvalue weighted by molar-refractivity contribution is 0.933. The molecule has 0 aliphatic rings. The van der Waals surface area contributed by atoms with Crippen LogP contribution in [0.2, 0.25) is 5.15 Å². The topological polar surface area (TPSA) is 30.2 Å². The highest BCUT2D eigenvalue weighted by molar-refractivity contribution is 6.32.